The topological polar surface area (TPSA) is 29.3 Å². The molecule has 2 N–H and O–H groups in total. The maximum atomic E-state index is 6.14. The van der Waals surface area contributed by atoms with Crippen molar-refractivity contribution >= 4 is 0 Å². The van der Waals surface area contributed by atoms with Crippen molar-refractivity contribution < 1.29 is 0 Å². The molecule has 0 spiro atoms. The Morgan fingerprint density at radius 1 is 1.14 bits per heavy atom. The minimum Gasteiger partial charge on any atom is -0.329 e. The third kappa shape index (κ3) is 4.55. The molecule has 0 bridgehead atoms. The van der Waals surface area contributed by atoms with Crippen molar-refractivity contribution in [2.75, 3.05) is 13.1 Å². The summed E-state index contributed by atoms with van der Waals surface area (Å²) in [6, 6.07) is 12.2. The van der Waals surface area contributed by atoms with Crippen LogP contribution in [0.1, 0.15) is 63.9 Å². The highest BCUT2D eigenvalue weighted by Gasteiger charge is 2.26. The zero-order chi connectivity index (χ0) is 15.1. The fraction of sp³-hybridized carbons (Fsp3) is 0.684. The van der Waals surface area contributed by atoms with Crippen molar-refractivity contribution in [1.29, 1.82) is 0 Å². The van der Waals surface area contributed by atoms with Crippen molar-refractivity contribution in [3.8, 4) is 0 Å². The van der Waals surface area contributed by atoms with E-state index >= 15 is 0 Å². The van der Waals surface area contributed by atoms with Crippen LogP contribution in [0.4, 0.5) is 0 Å². The van der Waals surface area contributed by atoms with E-state index in [2.05, 4.69) is 49.1 Å². The third-order valence-electron chi connectivity index (χ3n) is 5.14. The number of nitrogens with zero attached hydrogens (tertiary/aromatic N) is 1. The van der Waals surface area contributed by atoms with E-state index in [1.165, 1.54) is 44.1 Å². The minimum absolute atomic E-state index is 0.522. The molecule has 21 heavy (non-hydrogen) atoms. The number of likely N-dealkylation sites (N-methyl/N-ethyl adjacent to an activating group) is 1. The molecule has 0 saturated heterocycles. The summed E-state index contributed by atoms with van der Waals surface area (Å²) in [7, 11) is 0. The zero-order valence-corrected chi connectivity index (χ0v) is 13.8. The lowest BCUT2D eigenvalue weighted by Crippen LogP contribution is -2.48. The molecular formula is C19H32N2. The van der Waals surface area contributed by atoms with Crippen LogP contribution in [0.3, 0.4) is 0 Å². The lowest BCUT2D eigenvalue weighted by molar-refractivity contribution is 0.105. The van der Waals surface area contributed by atoms with Crippen LogP contribution in [0.2, 0.25) is 0 Å². The van der Waals surface area contributed by atoms with Crippen LogP contribution in [0.5, 0.6) is 0 Å². The van der Waals surface area contributed by atoms with Gasteiger partial charge in [0.25, 0.3) is 0 Å². The SMILES string of the molecule is CCN(C1CCCCC1)C(CN)CC(C)c1ccccc1. The van der Waals surface area contributed by atoms with Crippen molar-refractivity contribution in [2.45, 2.75) is 70.4 Å². The molecule has 0 amide bonds. The summed E-state index contributed by atoms with van der Waals surface area (Å²) in [5, 5.41) is 0. The molecule has 2 rings (SSSR count). The van der Waals surface area contributed by atoms with Crippen molar-refractivity contribution in [1.82, 2.24) is 4.90 Å². The van der Waals surface area contributed by atoms with Crippen LogP contribution in [0.15, 0.2) is 30.3 Å². The summed E-state index contributed by atoms with van der Waals surface area (Å²) in [6.45, 7) is 6.55. The standard InChI is InChI=1S/C19H32N2/c1-3-21(18-12-8-5-9-13-18)19(15-20)14-16(2)17-10-6-4-7-11-17/h4,6-7,10-11,16,18-19H,3,5,8-9,12-15,20H2,1-2H3. The van der Waals surface area contributed by atoms with Gasteiger partial charge in [-0.25, -0.2) is 0 Å². The van der Waals surface area contributed by atoms with Gasteiger partial charge in [-0.1, -0.05) is 63.4 Å². The first-order valence-electron chi connectivity index (χ1n) is 8.77. The molecular weight excluding hydrogens is 256 g/mol. The fourth-order valence-electron chi connectivity index (χ4n) is 3.92. The molecule has 0 heterocycles. The summed E-state index contributed by atoms with van der Waals surface area (Å²) >= 11 is 0. The normalized spacial score (nSPS) is 19.6. The Morgan fingerprint density at radius 2 is 1.81 bits per heavy atom. The maximum Gasteiger partial charge on any atom is 0.0226 e. The Morgan fingerprint density at radius 3 is 2.38 bits per heavy atom. The van der Waals surface area contributed by atoms with Crippen LogP contribution in [-0.2, 0) is 0 Å². The molecule has 1 aromatic carbocycles. The minimum atomic E-state index is 0.522. The third-order valence-corrected chi connectivity index (χ3v) is 5.14. The average Bonchev–Trinajstić information content (AvgIpc) is 2.56. The molecule has 2 unspecified atom stereocenters. The average molecular weight is 288 g/mol. The summed E-state index contributed by atoms with van der Waals surface area (Å²) in [5.74, 6) is 0.581. The van der Waals surface area contributed by atoms with Gasteiger partial charge in [-0.05, 0) is 37.3 Å². The highest BCUT2D eigenvalue weighted by Crippen LogP contribution is 2.28. The van der Waals surface area contributed by atoms with Gasteiger partial charge in [0.15, 0.2) is 0 Å². The fourth-order valence-corrected chi connectivity index (χ4v) is 3.92. The Balaban J connectivity index is 1.99. The van der Waals surface area contributed by atoms with Crippen LogP contribution in [0.25, 0.3) is 0 Å². The number of nitrogens with two attached hydrogens (primary N) is 1. The van der Waals surface area contributed by atoms with Gasteiger partial charge < -0.3 is 5.73 Å². The maximum absolute atomic E-state index is 6.14. The Hall–Kier alpha value is -0.860. The van der Waals surface area contributed by atoms with Gasteiger partial charge in [0.05, 0.1) is 0 Å². The smallest absolute Gasteiger partial charge is 0.0226 e. The molecule has 0 radical (unpaired) electrons. The molecule has 1 aliphatic carbocycles. The molecule has 1 aliphatic rings. The van der Waals surface area contributed by atoms with Gasteiger partial charge >= 0.3 is 0 Å². The molecule has 2 heteroatoms. The van der Waals surface area contributed by atoms with Crippen LogP contribution in [-0.4, -0.2) is 30.1 Å². The zero-order valence-electron chi connectivity index (χ0n) is 13.8. The lowest BCUT2D eigenvalue weighted by atomic mass is 9.89. The number of rotatable bonds is 7. The van der Waals surface area contributed by atoms with Gasteiger partial charge in [-0.3, -0.25) is 4.90 Å². The highest BCUT2D eigenvalue weighted by molar-refractivity contribution is 5.19. The predicted octanol–water partition coefficient (Wildman–Crippen LogP) is 4.16. The van der Waals surface area contributed by atoms with Crippen LogP contribution < -0.4 is 5.73 Å². The van der Waals surface area contributed by atoms with E-state index in [9.17, 15) is 0 Å². The monoisotopic (exact) mass is 288 g/mol. The summed E-state index contributed by atoms with van der Waals surface area (Å²) < 4.78 is 0. The molecule has 2 nitrogen and oxygen atoms in total. The Labute approximate surface area is 130 Å². The van der Waals surface area contributed by atoms with Gasteiger partial charge in [-0.2, -0.15) is 0 Å². The van der Waals surface area contributed by atoms with E-state index in [1.54, 1.807) is 0 Å². The second-order valence-electron chi connectivity index (χ2n) is 6.56. The van der Waals surface area contributed by atoms with E-state index in [1.807, 2.05) is 0 Å². The van der Waals surface area contributed by atoms with Gasteiger partial charge in [0.1, 0.15) is 0 Å². The summed E-state index contributed by atoms with van der Waals surface area (Å²) in [6.07, 6.45) is 8.11. The Kier molecular flexibility index (Phi) is 6.72. The molecule has 118 valence electrons. The van der Waals surface area contributed by atoms with E-state index in [4.69, 9.17) is 5.73 Å². The first kappa shape index (κ1) is 16.5. The quantitative estimate of drug-likeness (QED) is 0.816. The second kappa shape index (κ2) is 8.55. The highest BCUT2D eigenvalue weighted by atomic mass is 15.2. The largest absolute Gasteiger partial charge is 0.329 e. The van der Waals surface area contributed by atoms with E-state index in [0.717, 1.165) is 19.1 Å². The van der Waals surface area contributed by atoms with Crippen LogP contribution in [0, 0.1) is 0 Å². The molecule has 0 aliphatic heterocycles. The lowest BCUT2D eigenvalue weighted by Gasteiger charge is -2.40. The van der Waals surface area contributed by atoms with Gasteiger partial charge in [0, 0.05) is 18.6 Å². The predicted molar refractivity (Wildman–Crippen MR) is 91.6 cm³/mol. The molecule has 0 aromatic heterocycles. The van der Waals surface area contributed by atoms with Crippen molar-refractivity contribution in [3.05, 3.63) is 35.9 Å². The van der Waals surface area contributed by atoms with E-state index < -0.39 is 0 Å². The molecule has 1 aromatic rings. The van der Waals surface area contributed by atoms with E-state index in [0.29, 0.717) is 12.0 Å². The summed E-state index contributed by atoms with van der Waals surface area (Å²) in [4.78, 5) is 2.69. The molecule has 1 saturated carbocycles. The summed E-state index contributed by atoms with van der Waals surface area (Å²) in [5.41, 5.74) is 7.58. The number of benzene rings is 1. The van der Waals surface area contributed by atoms with Crippen LogP contribution >= 0.6 is 0 Å². The van der Waals surface area contributed by atoms with E-state index in [-0.39, 0.29) is 0 Å². The number of hydrogen-bond donors (Lipinski definition) is 1. The van der Waals surface area contributed by atoms with Gasteiger partial charge in [-0.15, -0.1) is 0 Å². The molecule has 1 fully saturated rings. The second-order valence-corrected chi connectivity index (χ2v) is 6.56. The van der Waals surface area contributed by atoms with Gasteiger partial charge in [0.2, 0.25) is 0 Å². The van der Waals surface area contributed by atoms with Crippen molar-refractivity contribution in [3.63, 3.8) is 0 Å². The Bertz CT molecular complexity index is 384. The van der Waals surface area contributed by atoms with Crippen molar-refractivity contribution in [2.24, 2.45) is 5.73 Å². The first-order chi connectivity index (χ1) is 10.3. The number of hydrogen-bond acceptors (Lipinski definition) is 2. The molecule has 2 atom stereocenters. The first-order valence-corrected chi connectivity index (χ1v) is 8.77.